The van der Waals surface area contributed by atoms with Gasteiger partial charge in [-0.15, -0.1) is 11.3 Å². The zero-order valence-electron chi connectivity index (χ0n) is 8.23. The van der Waals surface area contributed by atoms with Crippen LogP contribution < -0.4 is 5.32 Å². The molecule has 1 N–H and O–H groups in total. The van der Waals surface area contributed by atoms with Gasteiger partial charge in [0.1, 0.15) is 0 Å². The number of ether oxygens (including phenoxy) is 1. The van der Waals surface area contributed by atoms with Gasteiger partial charge >= 0.3 is 5.97 Å². The number of hydrogen-bond donors (Lipinski definition) is 1. The highest BCUT2D eigenvalue weighted by Gasteiger charge is 2.23. The van der Waals surface area contributed by atoms with Crippen molar-refractivity contribution in [2.75, 3.05) is 7.11 Å². The molecule has 80 valence electrons. The first-order chi connectivity index (χ1) is 7.20. The molecule has 1 amide bonds. The molecule has 0 aliphatic heterocycles. The van der Waals surface area contributed by atoms with Gasteiger partial charge in [0, 0.05) is 4.88 Å². The molecule has 0 aliphatic rings. The molecular formula is C10H11NO3S. The molecular weight excluding hydrogens is 214 g/mol. The van der Waals surface area contributed by atoms with E-state index in [-0.39, 0.29) is 0 Å². The topological polar surface area (TPSA) is 55.4 Å². The van der Waals surface area contributed by atoms with Crippen molar-refractivity contribution < 1.29 is 14.3 Å². The van der Waals surface area contributed by atoms with Crippen LogP contribution in [0.2, 0.25) is 0 Å². The SMILES string of the molecule is C=C(c1cccs1)C(NC=O)C(=O)OC. The van der Waals surface area contributed by atoms with Gasteiger partial charge in [-0.2, -0.15) is 0 Å². The summed E-state index contributed by atoms with van der Waals surface area (Å²) in [5, 5.41) is 4.24. The van der Waals surface area contributed by atoms with Gasteiger partial charge in [-0.05, 0) is 17.0 Å². The lowest BCUT2D eigenvalue weighted by atomic mass is 10.1. The predicted molar refractivity (Wildman–Crippen MR) is 58.4 cm³/mol. The molecule has 0 aromatic carbocycles. The van der Waals surface area contributed by atoms with Crippen molar-refractivity contribution in [1.29, 1.82) is 0 Å². The van der Waals surface area contributed by atoms with Crippen LogP contribution in [0.5, 0.6) is 0 Å². The van der Waals surface area contributed by atoms with Crippen molar-refractivity contribution in [2.24, 2.45) is 0 Å². The van der Waals surface area contributed by atoms with Crippen LogP contribution in [0.4, 0.5) is 0 Å². The summed E-state index contributed by atoms with van der Waals surface area (Å²) < 4.78 is 4.57. The molecule has 1 heterocycles. The van der Waals surface area contributed by atoms with Crippen molar-refractivity contribution in [3.8, 4) is 0 Å². The normalized spacial score (nSPS) is 11.5. The highest BCUT2D eigenvalue weighted by Crippen LogP contribution is 2.21. The largest absolute Gasteiger partial charge is 0.467 e. The average Bonchev–Trinajstić information content (AvgIpc) is 2.77. The fourth-order valence-corrected chi connectivity index (χ4v) is 1.83. The number of methoxy groups -OCH3 is 1. The molecule has 1 unspecified atom stereocenters. The lowest BCUT2D eigenvalue weighted by molar-refractivity contribution is -0.142. The molecule has 0 bridgehead atoms. The van der Waals surface area contributed by atoms with E-state index in [1.165, 1.54) is 18.4 Å². The van der Waals surface area contributed by atoms with E-state index in [4.69, 9.17) is 0 Å². The first kappa shape index (κ1) is 11.5. The monoisotopic (exact) mass is 225 g/mol. The number of nitrogens with one attached hydrogen (secondary N) is 1. The average molecular weight is 225 g/mol. The number of thiophene rings is 1. The van der Waals surface area contributed by atoms with E-state index in [1.54, 1.807) is 0 Å². The molecule has 0 saturated carbocycles. The van der Waals surface area contributed by atoms with Crippen LogP contribution in [-0.4, -0.2) is 25.5 Å². The number of amides is 1. The van der Waals surface area contributed by atoms with Gasteiger partial charge in [-0.1, -0.05) is 12.6 Å². The lowest BCUT2D eigenvalue weighted by Crippen LogP contribution is -2.37. The molecule has 0 saturated heterocycles. The van der Waals surface area contributed by atoms with Crippen LogP contribution >= 0.6 is 11.3 Å². The summed E-state index contributed by atoms with van der Waals surface area (Å²) in [6.07, 6.45) is 0.459. The van der Waals surface area contributed by atoms with Gasteiger partial charge in [-0.25, -0.2) is 4.79 Å². The summed E-state index contributed by atoms with van der Waals surface area (Å²) in [4.78, 5) is 22.5. The first-order valence-corrected chi connectivity index (χ1v) is 5.09. The van der Waals surface area contributed by atoms with E-state index >= 15 is 0 Å². The third kappa shape index (κ3) is 2.66. The molecule has 0 aliphatic carbocycles. The van der Waals surface area contributed by atoms with Crippen molar-refractivity contribution in [2.45, 2.75) is 6.04 Å². The molecule has 1 aromatic heterocycles. The maximum absolute atomic E-state index is 11.3. The summed E-state index contributed by atoms with van der Waals surface area (Å²) in [6.45, 7) is 3.77. The Balaban J connectivity index is 2.85. The maximum Gasteiger partial charge on any atom is 0.333 e. The summed E-state index contributed by atoms with van der Waals surface area (Å²) in [7, 11) is 1.27. The molecule has 0 fully saturated rings. The molecule has 4 nitrogen and oxygen atoms in total. The van der Waals surface area contributed by atoms with Crippen LogP contribution in [-0.2, 0) is 14.3 Å². The van der Waals surface area contributed by atoms with Gasteiger partial charge in [0.15, 0.2) is 6.04 Å². The zero-order valence-corrected chi connectivity index (χ0v) is 9.04. The molecule has 1 rings (SSSR count). The standard InChI is InChI=1S/C10H11NO3S/c1-7(8-4-3-5-15-8)9(11-6-12)10(13)14-2/h3-6,9H,1H2,2H3,(H,11,12). The van der Waals surface area contributed by atoms with Crippen molar-refractivity contribution in [3.05, 3.63) is 29.0 Å². The summed E-state index contributed by atoms with van der Waals surface area (Å²) in [5.41, 5.74) is 0.531. The fourth-order valence-electron chi connectivity index (χ4n) is 1.10. The number of carbonyl (C=O) groups excluding carboxylic acids is 2. The van der Waals surface area contributed by atoms with Crippen LogP contribution in [0.25, 0.3) is 5.57 Å². The van der Waals surface area contributed by atoms with Crippen LogP contribution in [0.1, 0.15) is 4.88 Å². The Bertz CT molecular complexity index is 359. The van der Waals surface area contributed by atoms with Crippen molar-refractivity contribution in [1.82, 2.24) is 5.32 Å². The second-order valence-electron chi connectivity index (χ2n) is 2.74. The minimum atomic E-state index is -0.814. The van der Waals surface area contributed by atoms with E-state index in [0.29, 0.717) is 12.0 Å². The smallest absolute Gasteiger partial charge is 0.333 e. The molecule has 5 heteroatoms. The summed E-state index contributed by atoms with van der Waals surface area (Å²) in [6, 6.07) is 2.86. The van der Waals surface area contributed by atoms with E-state index in [1.807, 2.05) is 17.5 Å². The summed E-state index contributed by atoms with van der Waals surface area (Å²) >= 11 is 1.45. The Morgan fingerprint density at radius 3 is 2.93 bits per heavy atom. The Labute approximate surface area is 91.6 Å². The predicted octanol–water partition coefficient (Wildman–Crippen LogP) is 1.05. The minimum absolute atomic E-state index is 0.459. The second kappa shape index (κ2) is 5.31. The van der Waals surface area contributed by atoms with Gasteiger partial charge in [0.05, 0.1) is 7.11 Å². The van der Waals surface area contributed by atoms with Gasteiger partial charge in [0.2, 0.25) is 6.41 Å². The Morgan fingerprint density at radius 2 is 2.47 bits per heavy atom. The quantitative estimate of drug-likeness (QED) is 0.602. The molecule has 0 spiro atoms. The second-order valence-corrected chi connectivity index (χ2v) is 3.69. The number of hydrogen-bond acceptors (Lipinski definition) is 4. The minimum Gasteiger partial charge on any atom is -0.467 e. The van der Waals surface area contributed by atoms with Crippen LogP contribution in [0, 0.1) is 0 Å². The van der Waals surface area contributed by atoms with Gasteiger partial charge < -0.3 is 10.1 Å². The Hall–Kier alpha value is -1.62. The molecule has 15 heavy (non-hydrogen) atoms. The Morgan fingerprint density at radius 1 is 1.73 bits per heavy atom. The van der Waals surface area contributed by atoms with E-state index < -0.39 is 12.0 Å². The van der Waals surface area contributed by atoms with Gasteiger partial charge in [0.25, 0.3) is 0 Å². The number of rotatable bonds is 5. The van der Waals surface area contributed by atoms with Crippen molar-refractivity contribution in [3.63, 3.8) is 0 Å². The summed E-state index contributed by atoms with van der Waals surface area (Å²) in [5.74, 6) is -0.527. The van der Waals surface area contributed by atoms with E-state index in [2.05, 4.69) is 16.6 Å². The number of carbonyl (C=O) groups is 2. The third-order valence-electron chi connectivity index (χ3n) is 1.86. The number of esters is 1. The van der Waals surface area contributed by atoms with E-state index in [0.717, 1.165) is 4.88 Å². The van der Waals surface area contributed by atoms with Crippen molar-refractivity contribution >= 4 is 29.3 Å². The van der Waals surface area contributed by atoms with E-state index in [9.17, 15) is 9.59 Å². The first-order valence-electron chi connectivity index (χ1n) is 4.21. The molecule has 0 radical (unpaired) electrons. The molecule has 1 atom stereocenters. The maximum atomic E-state index is 11.3. The van der Waals surface area contributed by atoms with Crippen LogP contribution in [0.15, 0.2) is 24.1 Å². The third-order valence-corrected chi connectivity index (χ3v) is 2.80. The van der Waals surface area contributed by atoms with Crippen LogP contribution in [0.3, 0.4) is 0 Å². The Kier molecular flexibility index (Phi) is 4.05. The highest BCUT2D eigenvalue weighted by atomic mass is 32.1. The fraction of sp³-hybridized carbons (Fsp3) is 0.200. The zero-order chi connectivity index (χ0) is 11.3. The lowest BCUT2D eigenvalue weighted by Gasteiger charge is -2.14. The highest BCUT2D eigenvalue weighted by molar-refractivity contribution is 7.11. The molecule has 1 aromatic rings. The van der Waals surface area contributed by atoms with Gasteiger partial charge in [-0.3, -0.25) is 4.79 Å².